The SMILES string of the molecule is CC1CO1.CCC1CO1.CCCC1CO1. The van der Waals surface area contributed by atoms with Gasteiger partial charge in [-0.2, -0.15) is 0 Å². The van der Waals surface area contributed by atoms with Crippen molar-refractivity contribution in [3.63, 3.8) is 0 Å². The van der Waals surface area contributed by atoms with Crippen molar-refractivity contribution < 1.29 is 14.2 Å². The molecule has 3 nitrogen and oxygen atoms in total. The number of ether oxygens (including phenoxy) is 3. The Labute approximate surface area is 93.1 Å². The van der Waals surface area contributed by atoms with E-state index < -0.39 is 0 Å². The van der Waals surface area contributed by atoms with Crippen LogP contribution < -0.4 is 0 Å². The van der Waals surface area contributed by atoms with Crippen molar-refractivity contribution in [2.24, 2.45) is 0 Å². The molecular formula is C12H24O3. The molecule has 0 aromatic heterocycles. The molecule has 0 aromatic carbocycles. The average Bonchev–Trinajstić information content (AvgIpc) is 3.06. The lowest BCUT2D eigenvalue weighted by atomic mass is 10.3. The molecule has 3 unspecified atom stereocenters. The minimum atomic E-state index is 0.583. The topological polar surface area (TPSA) is 37.6 Å². The molecular weight excluding hydrogens is 192 g/mol. The van der Waals surface area contributed by atoms with Gasteiger partial charge < -0.3 is 14.2 Å². The van der Waals surface area contributed by atoms with Gasteiger partial charge in [0.2, 0.25) is 0 Å². The number of hydrogen-bond donors (Lipinski definition) is 0. The van der Waals surface area contributed by atoms with Crippen molar-refractivity contribution in [2.45, 2.75) is 58.3 Å². The first-order valence-electron chi connectivity index (χ1n) is 6.11. The van der Waals surface area contributed by atoms with E-state index in [1.807, 2.05) is 0 Å². The van der Waals surface area contributed by atoms with Crippen LogP contribution in [-0.4, -0.2) is 38.1 Å². The van der Waals surface area contributed by atoms with Crippen molar-refractivity contribution in [1.29, 1.82) is 0 Å². The molecule has 90 valence electrons. The molecule has 3 rings (SSSR count). The van der Waals surface area contributed by atoms with Crippen LogP contribution in [0.4, 0.5) is 0 Å². The zero-order valence-corrected chi connectivity index (χ0v) is 10.2. The van der Waals surface area contributed by atoms with E-state index in [-0.39, 0.29) is 0 Å². The van der Waals surface area contributed by atoms with E-state index in [4.69, 9.17) is 14.2 Å². The summed E-state index contributed by atoms with van der Waals surface area (Å²) in [5, 5.41) is 0. The molecule has 0 N–H and O–H groups in total. The lowest BCUT2D eigenvalue weighted by molar-refractivity contribution is 0.395. The van der Waals surface area contributed by atoms with Crippen molar-refractivity contribution >= 4 is 0 Å². The Morgan fingerprint density at radius 3 is 1.47 bits per heavy atom. The van der Waals surface area contributed by atoms with Crippen molar-refractivity contribution in [3.05, 3.63) is 0 Å². The van der Waals surface area contributed by atoms with E-state index in [1.165, 1.54) is 19.3 Å². The van der Waals surface area contributed by atoms with Gasteiger partial charge in [-0.05, 0) is 19.8 Å². The summed E-state index contributed by atoms with van der Waals surface area (Å²) in [4.78, 5) is 0. The molecule has 3 atom stereocenters. The third-order valence-electron chi connectivity index (χ3n) is 2.37. The molecule has 3 heterocycles. The Morgan fingerprint density at radius 1 is 0.933 bits per heavy atom. The first-order chi connectivity index (χ1) is 7.26. The van der Waals surface area contributed by atoms with E-state index >= 15 is 0 Å². The first kappa shape index (κ1) is 12.9. The fourth-order valence-corrected chi connectivity index (χ4v) is 0.957. The number of epoxide rings is 3. The van der Waals surface area contributed by atoms with Gasteiger partial charge in [0.1, 0.15) is 0 Å². The monoisotopic (exact) mass is 216 g/mol. The molecule has 0 saturated carbocycles. The lowest BCUT2D eigenvalue weighted by Gasteiger charge is -1.79. The van der Waals surface area contributed by atoms with Crippen LogP contribution in [0.5, 0.6) is 0 Å². The Balaban J connectivity index is 0.000000115. The molecule has 0 bridgehead atoms. The Bertz CT molecular complexity index is 149. The van der Waals surface area contributed by atoms with Crippen LogP contribution in [0.25, 0.3) is 0 Å². The van der Waals surface area contributed by atoms with Crippen LogP contribution in [0.2, 0.25) is 0 Å². The highest BCUT2D eigenvalue weighted by Crippen LogP contribution is 2.14. The van der Waals surface area contributed by atoms with Crippen LogP contribution in [-0.2, 0) is 14.2 Å². The third-order valence-corrected chi connectivity index (χ3v) is 2.37. The molecule has 0 radical (unpaired) electrons. The zero-order valence-electron chi connectivity index (χ0n) is 10.2. The van der Waals surface area contributed by atoms with Crippen molar-refractivity contribution in [2.75, 3.05) is 19.8 Å². The first-order valence-corrected chi connectivity index (χ1v) is 6.11. The second-order valence-electron chi connectivity index (χ2n) is 4.25. The fraction of sp³-hybridized carbons (Fsp3) is 1.00. The van der Waals surface area contributed by atoms with Gasteiger partial charge >= 0.3 is 0 Å². The highest BCUT2D eigenvalue weighted by molar-refractivity contribution is 4.66. The van der Waals surface area contributed by atoms with Gasteiger partial charge in [-0.15, -0.1) is 0 Å². The summed E-state index contributed by atoms with van der Waals surface area (Å²) in [5.41, 5.74) is 0. The second kappa shape index (κ2) is 7.20. The highest BCUT2D eigenvalue weighted by Gasteiger charge is 2.19. The van der Waals surface area contributed by atoms with Crippen LogP contribution in [0, 0.1) is 0 Å². The largest absolute Gasteiger partial charge is 0.373 e. The summed E-state index contributed by atoms with van der Waals surface area (Å²) in [5.74, 6) is 0. The van der Waals surface area contributed by atoms with Gasteiger partial charge in [-0.25, -0.2) is 0 Å². The molecule has 0 spiro atoms. The van der Waals surface area contributed by atoms with Crippen LogP contribution in [0.1, 0.15) is 40.0 Å². The van der Waals surface area contributed by atoms with E-state index in [0.717, 1.165) is 19.8 Å². The Kier molecular flexibility index (Phi) is 6.22. The predicted molar refractivity (Wildman–Crippen MR) is 60.1 cm³/mol. The number of hydrogen-bond acceptors (Lipinski definition) is 3. The lowest BCUT2D eigenvalue weighted by Crippen LogP contribution is -1.78. The van der Waals surface area contributed by atoms with Gasteiger partial charge in [0.15, 0.2) is 0 Å². The molecule has 3 aliphatic rings. The van der Waals surface area contributed by atoms with E-state index in [1.54, 1.807) is 0 Å². The third kappa shape index (κ3) is 10.2. The zero-order chi connectivity index (χ0) is 11.1. The maximum Gasteiger partial charge on any atom is 0.0809 e. The standard InChI is InChI=1S/C5H10O.C4H8O.C3H6O/c1-2-3-5-4-6-5;1-2-4-3-5-4;1-3-2-4-3/h5H,2-4H2,1H3;4H,2-3H2,1H3;3H,2H2,1H3. The molecule has 3 fully saturated rings. The summed E-state index contributed by atoms with van der Waals surface area (Å²) >= 11 is 0. The fourth-order valence-electron chi connectivity index (χ4n) is 0.957. The second-order valence-corrected chi connectivity index (χ2v) is 4.25. The predicted octanol–water partition coefficient (Wildman–Crippen LogP) is 2.39. The normalized spacial score (nSPS) is 34.2. The van der Waals surface area contributed by atoms with Gasteiger partial charge in [-0.1, -0.05) is 20.3 Å². The van der Waals surface area contributed by atoms with E-state index in [0.29, 0.717) is 18.3 Å². The smallest absolute Gasteiger partial charge is 0.0809 e. The summed E-state index contributed by atoms with van der Waals surface area (Å²) < 4.78 is 14.5. The van der Waals surface area contributed by atoms with Crippen molar-refractivity contribution in [3.8, 4) is 0 Å². The average molecular weight is 216 g/mol. The molecule has 3 saturated heterocycles. The Hall–Kier alpha value is -0.120. The molecule has 0 amide bonds. The highest BCUT2D eigenvalue weighted by atomic mass is 16.6. The van der Waals surface area contributed by atoms with Crippen molar-refractivity contribution in [1.82, 2.24) is 0 Å². The molecule has 3 aliphatic heterocycles. The number of rotatable bonds is 3. The summed E-state index contributed by atoms with van der Waals surface area (Å²) in [6.45, 7) is 9.39. The maximum atomic E-state index is 4.95. The molecule has 15 heavy (non-hydrogen) atoms. The molecule has 0 aromatic rings. The summed E-state index contributed by atoms with van der Waals surface area (Å²) in [6.07, 6.45) is 5.59. The van der Waals surface area contributed by atoms with Crippen LogP contribution in [0.3, 0.4) is 0 Å². The quantitative estimate of drug-likeness (QED) is 0.680. The molecule has 3 heteroatoms. The summed E-state index contributed by atoms with van der Waals surface area (Å²) in [7, 11) is 0. The van der Waals surface area contributed by atoms with E-state index in [2.05, 4.69) is 20.8 Å². The maximum absolute atomic E-state index is 4.95. The minimum Gasteiger partial charge on any atom is -0.373 e. The minimum absolute atomic E-state index is 0.583. The van der Waals surface area contributed by atoms with Gasteiger partial charge in [-0.3, -0.25) is 0 Å². The van der Waals surface area contributed by atoms with E-state index in [9.17, 15) is 0 Å². The Morgan fingerprint density at radius 2 is 1.40 bits per heavy atom. The van der Waals surface area contributed by atoms with Crippen LogP contribution in [0.15, 0.2) is 0 Å². The van der Waals surface area contributed by atoms with Gasteiger partial charge in [0, 0.05) is 0 Å². The van der Waals surface area contributed by atoms with Crippen LogP contribution >= 0.6 is 0 Å². The molecule has 0 aliphatic carbocycles. The van der Waals surface area contributed by atoms with Gasteiger partial charge in [0.25, 0.3) is 0 Å². The summed E-state index contributed by atoms with van der Waals surface area (Å²) in [6, 6.07) is 0. The van der Waals surface area contributed by atoms with Gasteiger partial charge in [0.05, 0.1) is 38.1 Å².